The average molecular weight is 378 g/mol. The fourth-order valence-electron chi connectivity index (χ4n) is 2.63. The van der Waals surface area contributed by atoms with Crippen LogP contribution < -0.4 is 11.1 Å². The zero-order valence-electron chi connectivity index (χ0n) is 13.0. The summed E-state index contributed by atoms with van der Waals surface area (Å²) in [6.07, 6.45) is 4.06. The van der Waals surface area contributed by atoms with Gasteiger partial charge in [0, 0.05) is 10.9 Å². The van der Waals surface area contributed by atoms with Crippen LogP contribution in [-0.4, -0.2) is 27.5 Å². The number of anilines is 1. The van der Waals surface area contributed by atoms with E-state index in [-0.39, 0.29) is 17.5 Å². The largest absolute Gasteiger partial charge is 0.365 e. The van der Waals surface area contributed by atoms with Crippen molar-refractivity contribution < 1.29 is 14.5 Å². The minimum Gasteiger partial charge on any atom is -0.365 e. The number of carbonyl (C=O) groups is 2. The lowest BCUT2D eigenvalue weighted by Gasteiger charge is -2.05. The van der Waals surface area contributed by atoms with E-state index in [4.69, 9.17) is 5.73 Å². The number of fused-ring (bicyclic) bond motifs is 1. The second kappa shape index (κ2) is 7.19. The lowest BCUT2D eigenvalue weighted by Crippen LogP contribution is -2.18. The van der Waals surface area contributed by atoms with Crippen molar-refractivity contribution in [2.75, 3.05) is 11.1 Å². The van der Waals surface area contributed by atoms with E-state index in [2.05, 4.69) is 10.3 Å². The summed E-state index contributed by atoms with van der Waals surface area (Å²) in [5.74, 6) is -0.944. The standard InChI is InChI=1S/C15H14N4O4S2/c16-14(21)13-9-2-1-3-10(9)25-15(13)18-12(20)7-24-8-4-5-11(17-6-8)19(22)23/h4-6H,1-3,7H2,(H2,16,21)(H,18,20). The van der Waals surface area contributed by atoms with Gasteiger partial charge in [-0.05, 0) is 40.8 Å². The number of hydrogen-bond donors (Lipinski definition) is 2. The zero-order valence-corrected chi connectivity index (χ0v) is 14.6. The molecule has 130 valence electrons. The molecule has 0 saturated carbocycles. The van der Waals surface area contributed by atoms with Crippen LogP contribution in [0.3, 0.4) is 0 Å². The number of nitrogens with one attached hydrogen (secondary N) is 1. The third-order valence-electron chi connectivity index (χ3n) is 3.70. The number of thioether (sulfide) groups is 1. The van der Waals surface area contributed by atoms with E-state index in [1.807, 2.05) is 0 Å². The first kappa shape index (κ1) is 17.4. The number of amides is 2. The predicted octanol–water partition coefficient (Wildman–Crippen LogP) is 2.37. The smallest absolute Gasteiger partial charge is 0.363 e. The first-order valence-corrected chi connectivity index (χ1v) is 9.23. The number of hydrogen-bond acceptors (Lipinski definition) is 7. The predicted molar refractivity (Wildman–Crippen MR) is 95.1 cm³/mol. The van der Waals surface area contributed by atoms with Crippen LogP contribution in [0.2, 0.25) is 0 Å². The van der Waals surface area contributed by atoms with Crippen molar-refractivity contribution in [1.82, 2.24) is 4.98 Å². The second-order valence-corrected chi connectivity index (χ2v) is 7.53. The van der Waals surface area contributed by atoms with Gasteiger partial charge in [-0.3, -0.25) is 9.59 Å². The number of thiophene rings is 1. The molecule has 1 aliphatic carbocycles. The van der Waals surface area contributed by atoms with Crippen LogP contribution in [0.4, 0.5) is 10.8 Å². The highest BCUT2D eigenvalue weighted by Gasteiger charge is 2.26. The van der Waals surface area contributed by atoms with Gasteiger partial charge in [-0.1, -0.05) is 0 Å². The van der Waals surface area contributed by atoms with Gasteiger partial charge in [0.15, 0.2) is 6.20 Å². The quantitative estimate of drug-likeness (QED) is 0.451. The number of nitrogens with zero attached hydrogens (tertiary/aromatic N) is 2. The van der Waals surface area contributed by atoms with Crippen LogP contribution in [0.25, 0.3) is 0 Å². The molecule has 0 saturated heterocycles. The molecular weight excluding hydrogens is 364 g/mol. The van der Waals surface area contributed by atoms with Crippen molar-refractivity contribution in [2.24, 2.45) is 5.73 Å². The maximum atomic E-state index is 12.2. The number of nitro groups is 1. The summed E-state index contributed by atoms with van der Waals surface area (Å²) >= 11 is 2.61. The normalized spacial score (nSPS) is 12.6. The Morgan fingerprint density at radius 1 is 1.40 bits per heavy atom. The molecule has 0 spiro atoms. The van der Waals surface area contributed by atoms with Gasteiger partial charge in [0.05, 0.1) is 16.2 Å². The molecule has 1 aliphatic rings. The first-order valence-electron chi connectivity index (χ1n) is 7.43. The van der Waals surface area contributed by atoms with E-state index in [0.717, 1.165) is 29.7 Å². The summed E-state index contributed by atoms with van der Waals surface area (Å²) in [6, 6.07) is 2.83. The zero-order chi connectivity index (χ0) is 18.0. The summed E-state index contributed by atoms with van der Waals surface area (Å²) < 4.78 is 0. The third-order valence-corrected chi connectivity index (χ3v) is 5.89. The van der Waals surface area contributed by atoms with Crippen LogP contribution in [0.15, 0.2) is 23.2 Å². The van der Waals surface area contributed by atoms with Crippen molar-refractivity contribution in [1.29, 1.82) is 0 Å². The Bertz CT molecular complexity index is 848. The van der Waals surface area contributed by atoms with Gasteiger partial charge in [-0.25, -0.2) is 0 Å². The Labute approximate surface area is 151 Å². The summed E-state index contributed by atoms with van der Waals surface area (Å²) in [5.41, 5.74) is 6.84. The molecule has 0 unspecified atom stereocenters. The van der Waals surface area contributed by atoms with Crippen molar-refractivity contribution in [3.05, 3.63) is 44.4 Å². The molecule has 2 amide bonds. The van der Waals surface area contributed by atoms with Crippen LogP contribution in [0.5, 0.6) is 0 Å². The molecule has 0 fully saturated rings. The number of nitrogens with two attached hydrogens (primary N) is 1. The van der Waals surface area contributed by atoms with Crippen LogP contribution in [-0.2, 0) is 17.6 Å². The molecule has 0 bridgehead atoms. The fraction of sp³-hybridized carbons (Fsp3) is 0.267. The van der Waals surface area contributed by atoms with Crippen LogP contribution in [0.1, 0.15) is 27.2 Å². The topological polar surface area (TPSA) is 128 Å². The monoisotopic (exact) mass is 378 g/mol. The van der Waals surface area contributed by atoms with E-state index in [9.17, 15) is 19.7 Å². The van der Waals surface area contributed by atoms with E-state index >= 15 is 0 Å². The fourth-order valence-corrected chi connectivity index (χ4v) is 4.60. The highest BCUT2D eigenvalue weighted by Crippen LogP contribution is 2.38. The Morgan fingerprint density at radius 3 is 2.84 bits per heavy atom. The molecule has 25 heavy (non-hydrogen) atoms. The summed E-state index contributed by atoms with van der Waals surface area (Å²) in [7, 11) is 0. The molecule has 2 aromatic heterocycles. The van der Waals surface area contributed by atoms with Gasteiger partial charge in [0.25, 0.3) is 5.91 Å². The number of carbonyl (C=O) groups excluding carboxylic acids is 2. The van der Waals surface area contributed by atoms with E-state index in [1.165, 1.54) is 41.4 Å². The number of pyridine rings is 1. The highest BCUT2D eigenvalue weighted by atomic mass is 32.2. The third kappa shape index (κ3) is 3.80. The maximum Gasteiger partial charge on any atom is 0.363 e. The Kier molecular flexibility index (Phi) is 5.00. The molecule has 3 rings (SSSR count). The van der Waals surface area contributed by atoms with Crippen LogP contribution >= 0.6 is 23.1 Å². The van der Waals surface area contributed by atoms with Gasteiger partial charge >= 0.3 is 5.82 Å². The molecule has 0 aliphatic heterocycles. The molecule has 0 aromatic carbocycles. The lowest BCUT2D eigenvalue weighted by atomic mass is 10.1. The van der Waals surface area contributed by atoms with Gasteiger partial charge < -0.3 is 21.2 Å². The number of primary amides is 1. The Morgan fingerprint density at radius 2 is 2.20 bits per heavy atom. The lowest BCUT2D eigenvalue weighted by molar-refractivity contribution is -0.389. The molecular formula is C15H14N4O4S2. The molecule has 3 N–H and O–H groups in total. The highest BCUT2D eigenvalue weighted by molar-refractivity contribution is 8.00. The SMILES string of the molecule is NC(=O)c1c(NC(=O)CSc2ccc([N+](=O)[O-])nc2)sc2c1CCC2. The Hall–Kier alpha value is -2.46. The number of aromatic nitrogens is 1. The number of aryl methyl sites for hydroxylation is 1. The number of rotatable bonds is 6. The van der Waals surface area contributed by atoms with Crippen molar-refractivity contribution >= 4 is 45.7 Å². The summed E-state index contributed by atoms with van der Waals surface area (Å²) in [6.45, 7) is 0. The summed E-state index contributed by atoms with van der Waals surface area (Å²) in [5, 5.41) is 13.8. The molecule has 8 nitrogen and oxygen atoms in total. The van der Waals surface area contributed by atoms with Gasteiger partial charge in [0.1, 0.15) is 5.00 Å². The van der Waals surface area contributed by atoms with Crippen molar-refractivity contribution in [3.63, 3.8) is 0 Å². The second-order valence-electron chi connectivity index (χ2n) is 5.37. The van der Waals surface area contributed by atoms with Crippen molar-refractivity contribution in [2.45, 2.75) is 24.2 Å². The minimum absolute atomic E-state index is 0.0975. The van der Waals surface area contributed by atoms with Crippen molar-refractivity contribution in [3.8, 4) is 0 Å². The first-order chi connectivity index (χ1) is 12.0. The van der Waals surface area contributed by atoms with E-state index in [1.54, 1.807) is 0 Å². The summed E-state index contributed by atoms with van der Waals surface area (Å²) in [4.78, 5) is 39.3. The van der Waals surface area contributed by atoms with Gasteiger partial charge in [0.2, 0.25) is 5.91 Å². The molecule has 10 heteroatoms. The molecule has 2 aromatic rings. The van der Waals surface area contributed by atoms with Gasteiger partial charge in [-0.2, -0.15) is 0 Å². The minimum atomic E-state index is -0.581. The Balaban J connectivity index is 1.63. The molecule has 0 atom stereocenters. The van der Waals surface area contributed by atoms with Crippen LogP contribution in [0, 0.1) is 10.1 Å². The molecule has 0 radical (unpaired) electrons. The average Bonchev–Trinajstić information content (AvgIpc) is 3.13. The molecule has 2 heterocycles. The maximum absolute atomic E-state index is 12.2. The van der Waals surface area contributed by atoms with E-state index in [0.29, 0.717) is 15.5 Å². The van der Waals surface area contributed by atoms with E-state index < -0.39 is 10.8 Å². The van der Waals surface area contributed by atoms with Gasteiger partial charge in [-0.15, -0.1) is 23.1 Å².